The molecule has 1 aromatic carbocycles. The number of rotatable bonds is 3. The second-order valence-corrected chi connectivity index (χ2v) is 7.01. The molecule has 1 aromatic heterocycles. The first-order valence-corrected chi connectivity index (χ1v) is 8.57. The van der Waals surface area contributed by atoms with Crippen LogP contribution < -0.4 is 4.90 Å². The lowest BCUT2D eigenvalue weighted by Crippen LogP contribution is -2.49. The molecule has 0 spiro atoms. The van der Waals surface area contributed by atoms with E-state index >= 15 is 0 Å². The molecule has 2 aromatic rings. The Balaban J connectivity index is 1.52. The molecular formula is C17H20ClN3O2. The third-order valence-corrected chi connectivity index (χ3v) is 5.06. The SMILES string of the molecule is CN(C(=O)C1CC1)C1CCCN(c2nc3cc(Cl)ccc3o2)C1. The zero-order valence-electron chi connectivity index (χ0n) is 13.2. The molecule has 0 radical (unpaired) electrons. The van der Waals surface area contributed by atoms with E-state index in [1.165, 1.54) is 0 Å². The molecule has 6 heteroatoms. The number of hydrogen-bond donors (Lipinski definition) is 0. The number of halogens is 1. The number of nitrogens with zero attached hydrogens (tertiary/aromatic N) is 3. The Morgan fingerprint density at radius 3 is 3.00 bits per heavy atom. The van der Waals surface area contributed by atoms with E-state index in [9.17, 15) is 4.79 Å². The maximum Gasteiger partial charge on any atom is 0.298 e. The molecule has 122 valence electrons. The van der Waals surface area contributed by atoms with Gasteiger partial charge in [0, 0.05) is 37.1 Å². The minimum absolute atomic E-state index is 0.232. The van der Waals surface area contributed by atoms with Crippen molar-refractivity contribution in [2.75, 3.05) is 25.0 Å². The summed E-state index contributed by atoms with van der Waals surface area (Å²) in [7, 11) is 1.93. The molecule has 1 saturated carbocycles. The molecule has 2 aliphatic rings. The number of oxazole rings is 1. The molecule has 2 fully saturated rings. The Morgan fingerprint density at radius 2 is 2.22 bits per heavy atom. The topological polar surface area (TPSA) is 49.6 Å². The highest BCUT2D eigenvalue weighted by atomic mass is 35.5. The standard InChI is InChI=1S/C17H20ClN3O2/c1-20(16(22)11-4-5-11)13-3-2-8-21(10-13)17-19-14-9-12(18)6-7-15(14)23-17/h6-7,9,11,13H,2-5,8,10H2,1H3. The van der Waals surface area contributed by atoms with Crippen LogP contribution in [0.1, 0.15) is 25.7 Å². The van der Waals surface area contributed by atoms with Gasteiger partial charge in [-0.15, -0.1) is 0 Å². The molecule has 1 unspecified atom stereocenters. The van der Waals surface area contributed by atoms with Crippen LogP contribution in [0.3, 0.4) is 0 Å². The molecule has 2 heterocycles. The van der Waals surface area contributed by atoms with Gasteiger partial charge in [-0.3, -0.25) is 4.79 Å². The van der Waals surface area contributed by atoms with E-state index < -0.39 is 0 Å². The van der Waals surface area contributed by atoms with Crippen molar-refractivity contribution in [3.63, 3.8) is 0 Å². The summed E-state index contributed by atoms with van der Waals surface area (Å²) in [5, 5.41) is 0.656. The Hall–Kier alpha value is -1.75. The zero-order chi connectivity index (χ0) is 16.0. The van der Waals surface area contributed by atoms with Gasteiger partial charge in [0.1, 0.15) is 5.52 Å². The van der Waals surface area contributed by atoms with Gasteiger partial charge in [-0.1, -0.05) is 11.6 Å². The van der Waals surface area contributed by atoms with E-state index in [-0.39, 0.29) is 12.0 Å². The highest BCUT2D eigenvalue weighted by Gasteiger charge is 2.36. The number of carbonyl (C=O) groups is 1. The number of aromatic nitrogens is 1. The summed E-state index contributed by atoms with van der Waals surface area (Å²) in [5.74, 6) is 0.558. The number of likely N-dealkylation sites (N-methyl/N-ethyl adjacent to an activating group) is 1. The quantitative estimate of drug-likeness (QED) is 0.864. The van der Waals surface area contributed by atoms with Gasteiger partial charge in [-0.25, -0.2) is 0 Å². The fourth-order valence-corrected chi connectivity index (χ4v) is 3.43. The van der Waals surface area contributed by atoms with Crippen LogP contribution in [0.4, 0.5) is 6.01 Å². The number of piperidine rings is 1. The van der Waals surface area contributed by atoms with E-state index in [0.29, 0.717) is 16.9 Å². The van der Waals surface area contributed by atoms with Gasteiger partial charge in [-0.05, 0) is 43.9 Å². The smallest absolute Gasteiger partial charge is 0.298 e. The number of fused-ring (bicyclic) bond motifs is 1. The Bertz CT molecular complexity index is 741. The summed E-state index contributed by atoms with van der Waals surface area (Å²) in [6, 6.07) is 6.32. The molecule has 1 amide bonds. The van der Waals surface area contributed by atoms with Gasteiger partial charge in [-0.2, -0.15) is 4.98 Å². The summed E-state index contributed by atoms with van der Waals surface area (Å²) in [4.78, 5) is 20.9. The monoisotopic (exact) mass is 333 g/mol. The molecule has 0 N–H and O–H groups in total. The van der Waals surface area contributed by atoms with Crippen LogP contribution in [-0.2, 0) is 4.79 Å². The fraction of sp³-hybridized carbons (Fsp3) is 0.529. The first-order valence-electron chi connectivity index (χ1n) is 8.19. The first kappa shape index (κ1) is 14.8. The van der Waals surface area contributed by atoms with Crippen molar-refractivity contribution in [2.24, 2.45) is 5.92 Å². The van der Waals surface area contributed by atoms with Gasteiger partial charge in [0.25, 0.3) is 6.01 Å². The maximum atomic E-state index is 12.3. The molecule has 1 aliphatic heterocycles. The zero-order valence-corrected chi connectivity index (χ0v) is 13.9. The van der Waals surface area contributed by atoms with Gasteiger partial charge < -0.3 is 14.2 Å². The third-order valence-electron chi connectivity index (χ3n) is 4.83. The average molecular weight is 334 g/mol. The first-order chi connectivity index (χ1) is 11.1. The molecule has 5 nitrogen and oxygen atoms in total. The van der Waals surface area contributed by atoms with E-state index in [1.54, 1.807) is 6.07 Å². The summed E-state index contributed by atoms with van der Waals surface area (Å²) >= 11 is 6.01. The van der Waals surface area contributed by atoms with Crippen LogP contribution in [0.25, 0.3) is 11.1 Å². The van der Waals surface area contributed by atoms with Gasteiger partial charge in [0.2, 0.25) is 5.91 Å². The summed E-state index contributed by atoms with van der Waals surface area (Å²) in [6.45, 7) is 1.68. The van der Waals surface area contributed by atoms with Gasteiger partial charge >= 0.3 is 0 Å². The van der Waals surface area contributed by atoms with Crippen molar-refractivity contribution < 1.29 is 9.21 Å². The van der Waals surface area contributed by atoms with Crippen molar-refractivity contribution in [1.29, 1.82) is 0 Å². The van der Waals surface area contributed by atoms with E-state index in [1.807, 2.05) is 24.1 Å². The number of anilines is 1. The Labute approximate surface area is 140 Å². The molecule has 0 bridgehead atoms. The summed E-state index contributed by atoms with van der Waals surface area (Å²) in [5.41, 5.74) is 1.52. The lowest BCUT2D eigenvalue weighted by molar-refractivity contribution is -0.133. The van der Waals surface area contributed by atoms with Crippen LogP contribution in [-0.4, -0.2) is 42.0 Å². The van der Waals surface area contributed by atoms with Crippen LogP contribution in [0.15, 0.2) is 22.6 Å². The van der Waals surface area contributed by atoms with Crippen LogP contribution in [0.5, 0.6) is 0 Å². The minimum Gasteiger partial charge on any atom is -0.423 e. The number of carbonyl (C=O) groups excluding carboxylic acids is 1. The van der Waals surface area contributed by atoms with Gasteiger partial charge in [0.15, 0.2) is 5.58 Å². The Morgan fingerprint density at radius 1 is 1.39 bits per heavy atom. The van der Waals surface area contributed by atoms with E-state index in [4.69, 9.17) is 16.0 Å². The van der Waals surface area contributed by atoms with Crippen molar-refractivity contribution in [1.82, 2.24) is 9.88 Å². The maximum absolute atomic E-state index is 12.3. The molecule has 4 rings (SSSR count). The second kappa shape index (κ2) is 5.71. The molecule has 1 aliphatic carbocycles. The summed E-state index contributed by atoms with van der Waals surface area (Å²) < 4.78 is 5.86. The lowest BCUT2D eigenvalue weighted by atomic mass is 10.0. The highest BCUT2D eigenvalue weighted by Crippen LogP contribution is 2.33. The van der Waals surface area contributed by atoms with Crippen LogP contribution in [0, 0.1) is 5.92 Å². The minimum atomic E-state index is 0.232. The van der Waals surface area contributed by atoms with Crippen LogP contribution in [0.2, 0.25) is 5.02 Å². The van der Waals surface area contributed by atoms with Crippen molar-refractivity contribution in [2.45, 2.75) is 31.7 Å². The van der Waals surface area contributed by atoms with E-state index in [2.05, 4.69) is 9.88 Å². The number of benzene rings is 1. The number of amides is 1. The number of hydrogen-bond acceptors (Lipinski definition) is 4. The van der Waals surface area contributed by atoms with Crippen LogP contribution >= 0.6 is 11.6 Å². The van der Waals surface area contributed by atoms with Gasteiger partial charge in [0.05, 0.1) is 0 Å². The molecular weight excluding hydrogens is 314 g/mol. The summed E-state index contributed by atoms with van der Waals surface area (Å²) in [6.07, 6.45) is 4.17. The highest BCUT2D eigenvalue weighted by molar-refractivity contribution is 6.31. The van der Waals surface area contributed by atoms with Crippen molar-refractivity contribution >= 4 is 34.6 Å². The van der Waals surface area contributed by atoms with Crippen molar-refractivity contribution in [3.8, 4) is 0 Å². The normalized spacial score (nSPS) is 21.7. The molecule has 1 atom stereocenters. The average Bonchev–Trinajstić information content (AvgIpc) is 3.33. The van der Waals surface area contributed by atoms with Crippen molar-refractivity contribution in [3.05, 3.63) is 23.2 Å². The largest absolute Gasteiger partial charge is 0.423 e. The predicted octanol–water partition coefficient (Wildman–Crippen LogP) is 3.32. The molecule has 1 saturated heterocycles. The van der Waals surface area contributed by atoms with E-state index in [0.717, 1.165) is 49.9 Å². The Kier molecular flexibility index (Phi) is 3.68. The lowest BCUT2D eigenvalue weighted by Gasteiger charge is -2.37. The fourth-order valence-electron chi connectivity index (χ4n) is 3.27. The second-order valence-electron chi connectivity index (χ2n) is 6.57. The third kappa shape index (κ3) is 2.90. The molecule has 23 heavy (non-hydrogen) atoms. The predicted molar refractivity (Wildman–Crippen MR) is 89.7 cm³/mol.